The van der Waals surface area contributed by atoms with E-state index in [1.807, 2.05) is 0 Å². The lowest BCUT2D eigenvalue weighted by Crippen LogP contribution is -2.36. The van der Waals surface area contributed by atoms with Crippen molar-refractivity contribution in [3.8, 4) is 0 Å². The average Bonchev–Trinajstić information content (AvgIpc) is 2.54. The highest BCUT2D eigenvalue weighted by Gasteiger charge is 2.30. The normalized spacial score (nSPS) is 18.9. The average molecular weight is 252 g/mol. The van der Waals surface area contributed by atoms with Crippen LogP contribution in [0.2, 0.25) is 0 Å². The van der Waals surface area contributed by atoms with Gasteiger partial charge in [-0.05, 0) is 25.0 Å². The molecule has 1 atom stereocenters. The van der Waals surface area contributed by atoms with Crippen LogP contribution in [0.15, 0.2) is 29.2 Å². The van der Waals surface area contributed by atoms with Crippen LogP contribution in [0.25, 0.3) is 0 Å². The standard InChI is InChI=1S/C12H16N2O2S/c13-10-6-3-4-7-11(10)17(16)14-9-5-1-2-8-12(14)15/h3-4,6-7H,1-2,5,8-9,13H2. The van der Waals surface area contributed by atoms with Gasteiger partial charge in [-0.15, -0.1) is 0 Å². The van der Waals surface area contributed by atoms with Crippen molar-refractivity contribution < 1.29 is 9.35 Å². The molecule has 0 radical (unpaired) electrons. The third-order valence-corrected chi connectivity index (χ3v) is 4.37. The van der Waals surface area contributed by atoms with Crippen LogP contribution >= 0.6 is 0 Å². The number of nitrogen functional groups attached to an aromatic ring is 1. The zero-order valence-electron chi connectivity index (χ0n) is 9.59. The molecule has 1 aromatic carbocycles. The first-order chi connectivity index (χ1) is 8.20. The van der Waals surface area contributed by atoms with Crippen LogP contribution in [-0.4, -0.2) is 21.3 Å². The number of amides is 1. The van der Waals surface area contributed by atoms with Crippen LogP contribution in [0.4, 0.5) is 5.69 Å². The van der Waals surface area contributed by atoms with E-state index >= 15 is 0 Å². The zero-order chi connectivity index (χ0) is 12.3. The third-order valence-electron chi connectivity index (χ3n) is 2.84. The van der Waals surface area contributed by atoms with Gasteiger partial charge in [0.2, 0.25) is 4.90 Å². The number of hydrogen-bond donors (Lipinski definition) is 1. The Hall–Kier alpha value is -1.20. The minimum atomic E-state index is -1.46. The Morgan fingerprint density at radius 1 is 1.24 bits per heavy atom. The van der Waals surface area contributed by atoms with E-state index in [9.17, 15) is 9.35 Å². The largest absolute Gasteiger partial charge is 0.588 e. The summed E-state index contributed by atoms with van der Waals surface area (Å²) in [5, 5.41) is 0. The Morgan fingerprint density at radius 2 is 2.00 bits per heavy atom. The van der Waals surface area contributed by atoms with Crippen molar-refractivity contribution in [3.63, 3.8) is 0 Å². The van der Waals surface area contributed by atoms with Gasteiger partial charge in [0.25, 0.3) is 5.91 Å². The molecule has 5 heteroatoms. The van der Waals surface area contributed by atoms with Crippen molar-refractivity contribution in [2.75, 3.05) is 12.3 Å². The molecular weight excluding hydrogens is 236 g/mol. The second-order valence-corrected chi connectivity index (χ2v) is 5.47. The van der Waals surface area contributed by atoms with Crippen LogP contribution in [0.1, 0.15) is 25.7 Å². The highest BCUT2D eigenvalue weighted by atomic mass is 32.2. The topological polar surface area (TPSA) is 69.4 Å². The molecule has 1 unspecified atom stereocenters. The summed E-state index contributed by atoms with van der Waals surface area (Å²) in [5.74, 6) is -0.0379. The summed E-state index contributed by atoms with van der Waals surface area (Å²) in [7, 11) is 0. The number of hydrogen-bond acceptors (Lipinski definition) is 3. The molecule has 17 heavy (non-hydrogen) atoms. The van der Waals surface area contributed by atoms with Gasteiger partial charge in [-0.25, -0.2) is 0 Å². The maximum Gasteiger partial charge on any atom is 0.264 e. The SMILES string of the molecule is Nc1ccccc1[S+]([O-])N1CCCCCC1=O. The number of benzene rings is 1. The van der Waals surface area contributed by atoms with E-state index in [0.29, 0.717) is 23.5 Å². The second-order valence-electron chi connectivity index (χ2n) is 4.09. The summed E-state index contributed by atoms with van der Waals surface area (Å²) in [5.41, 5.74) is 6.26. The maximum absolute atomic E-state index is 12.3. The van der Waals surface area contributed by atoms with Crippen molar-refractivity contribution in [2.45, 2.75) is 30.6 Å². The molecule has 2 N–H and O–H groups in total. The molecule has 1 aliphatic heterocycles. The first-order valence-electron chi connectivity index (χ1n) is 5.77. The Labute approximate surface area is 104 Å². The number of para-hydroxylation sites is 1. The first kappa shape index (κ1) is 12.3. The van der Waals surface area contributed by atoms with Crippen LogP contribution in [-0.2, 0) is 16.2 Å². The molecule has 1 fully saturated rings. The van der Waals surface area contributed by atoms with E-state index in [0.717, 1.165) is 19.3 Å². The summed E-state index contributed by atoms with van der Waals surface area (Å²) in [4.78, 5) is 12.4. The third kappa shape index (κ3) is 2.73. The Bertz CT molecular complexity index is 411. The monoisotopic (exact) mass is 252 g/mol. The molecule has 1 amide bonds. The smallest absolute Gasteiger partial charge is 0.264 e. The summed E-state index contributed by atoms with van der Waals surface area (Å²) in [6.45, 7) is 0.555. The van der Waals surface area contributed by atoms with E-state index in [2.05, 4.69) is 0 Å². The molecule has 92 valence electrons. The van der Waals surface area contributed by atoms with E-state index in [1.54, 1.807) is 24.3 Å². The van der Waals surface area contributed by atoms with Gasteiger partial charge < -0.3 is 10.3 Å². The molecule has 2 rings (SSSR count). The number of carbonyl (C=O) groups excluding carboxylic acids is 1. The van der Waals surface area contributed by atoms with Gasteiger partial charge in [0.05, 0.1) is 12.2 Å². The van der Waals surface area contributed by atoms with Crippen LogP contribution in [0.3, 0.4) is 0 Å². The molecule has 0 aromatic heterocycles. The molecule has 0 spiro atoms. The second kappa shape index (κ2) is 5.42. The maximum atomic E-state index is 12.3. The van der Waals surface area contributed by atoms with Gasteiger partial charge in [0, 0.05) is 6.42 Å². The lowest BCUT2D eigenvalue weighted by molar-refractivity contribution is -0.126. The predicted molar refractivity (Wildman–Crippen MR) is 67.4 cm³/mol. The minimum absolute atomic E-state index is 0.0379. The number of anilines is 1. The fraction of sp³-hybridized carbons (Fsp3) is 0.417. The van der Waals surface area contributed by atoms with Crippen molar-refractivity contribution in [1.29, 1.82) is 0 Å². The van der Waals surface area contributed by atoms with Crippen molar-refractivity contribution in [2.24, 2.45) is 0 Å². The molecular formula is C12H16N2O2S. The fourth-order valence-electron chi connectivity index (χ4n) is 1.89. The van der Waals surface area contributed by atoms with E-state index in [4.69, 9.17) is 5.73 Å². The van der Waals surface area contributed by atoms with E-state index in [-0.39, 0.29) is 5.91 Å². The van der Waals surface area contributed by atoms with Crippen LogP contribution < -0.4 is 5.73 Å². The molecule has 1 heterocycles. The molecule has 4 nitrogen and oxygen atoms in total. The summed E-state index contributed by atoms with van der Waals surface area (Å²) in [6.07, 6.45) is 3.29. The Kier molecular flexibility index (Phi) is 3.91. The van der Waals surface area contributed by atoms with Gasteiger partial charge in [-0.1, -0.05) is 18.6 Å². The molecule has 0 bridgehead atoms. The Balaban J connectivity index is 2.21. The van der Waals surface area contributed by atoms with Gasteiger partial charge in [0.15, 0.2) is 0 Å². The van der Waals surface area contributed by atoms with E-state index in [1.165, 1.54) is 4.31 Å². The number of nitrogens with two attached hydrogens (primary N) is 1. The minimum Gasteiger partial charge on any atom is -0.588 e. The quantitative estimate of drug-likeness (QED) is 0.643. The van der Waals surface area contributed by atoms with Gasteiger partial charge in [-0.3, -0.25) is 4.79 Å². The first-order valence-corrected chi connectivity index (χ1v) is 6.87. The van der Waals surface area contributed by atoms with Crippen LogP contribution in [0.5, 0.6) is 0 Å². The van der Waals surface area contributed by atoms with Gasteiger partial charge in [-0.2, -0.15) is 4.31 Å². The number of nitrogens with zero attached hydrogens (tertiary/aromatic N) is 1. The molecule has 1 aromatic rings. The summed E-state index contributed by atoms with van der Waals surface area (Å²) < 4.78 is 13.8. The van der Waals surface area contributed by atoms with Gasteiger partial charge >= 0.3 is 0 Å². The highest BCUT2D eigenvalue weighted by Crippen LogP contribution is 2.24. The lowest BCUT2D eigenvalue weighted by atomic mass is 10.2. The number of carbonyl (C=O) groups is 1. The summed E-state index contributed by atoms with van der Waals surface area (Å²) in [6, 6.07) is 6.99. The number of rotatable bonds is 2. The van der Waals surface area contributed by atoms with Gasteiger partial charge in [0.1, 0.15) is 11.4 Å². The summed E-state index contributed by atoms with van der Waals surface area (Å²) >= 11 is -1.46. The molecule has 0 saturated carbocycles. The van der Waals surface area contributed by atoms with E-state index < -0.39 is 11.4 Å². The zero-order valence-corrected chi connectivity index (χ0v) is 10.4. The van der Waals surface area contributed by atoms with Crippen LogP contribution in [0, 0.1) is 0 Å². The Morgan fingerprint density at radius 3 is 2.76 bits per heavy atom. The lowest BCUT2D eigenvalue weighted by Gasteiger charge is -2.22. The fourth-order valence-corrected chi connectivity index (χ4v) is 3.16. The van der Waals surface area contributed by atoms with Crippen molar-refractivity contribution >= 4 is 23.0 Å². The predicted octanol–water partition coefficient (Wildman–Crippen LogP) is 1.69. The molecule has 0 aliphatic carbocycles. The molecule has 1 saturated heterocycles. The van der Waals surface area contributed by atoms with Crippen molar-refractivity contribution in [3.05, 3.63) is 24.3 Å². The molecule has 1 aliphatic rings. The highest BCUT2D eigenvalue weighted by molar-refractivity contribution is 7.89. The van der Waals surface area contributed by atoms with Crippen molar-refractivity contribution in [1.82, 2.24) is 4.31 Å².